The van der Waals surface area contributed by atoms with Gasteiger partial charge in [0.2, 0.25) is 0 Å². The van der Waals surface area contributed by atoms with Crippen LogP contribution in [0.5, 0.6) is 0 Å². The summed E-state index contributed by atoms with van der Waals surface area (Å²) in [6.45, 7) is 4.58. The van der Waals surface area contributed by atoms with Crippen molar-refractivity contribution >= 4 is 0 Å². The van der Waals surface area contributed by atoms with Crippen LogP contribution in [0.3, 0.4) is 0 Å². The van der Waals surface area contributed by atoms with Gasteiger partial charge in [-0.3, -0.25) is 4.90 Å². The lowest BCUT2D eigenvalue weighted by molar-refractivity contribution is 0.0538. The summed E-state index contributed by atoms with van der Waals surface area (Å²) >= 11 is 0. The third kappa shape index (κ3) is 3.29. The number of fused-ring (bicyclic) bond motifs is 1. The van der Waals surface area contributed by atoms with E-state index < -0.39 is 0 Å². The minimum atomic E-state index is -0.193. The van der Waals surface area contributed by atoms with Gasteiger partial charge in [-0.1, -0.05) is 31.4 Å². The Hall–Kier alpha value is -0.930. The Morgan fingerprint density at radius 3 is 2.48 bits per heavy atom. The fraction of sp³-hybridized carbons (Fsp3) is 0.667. The molecular weight excluding hydrogens is 263 g/mol. The van der Waals surface area contributed by atoms with Crippen LogP contribution in [0.15, 0.2) is 24.3 Å². The van der Waals surface area contributed by atoms with Crippen LogP contribution in [0, 0.1) is 17.7 Å². The number of likely N-dealkylation sites (tertiary alicyclic amines) is 1. The molecule has 3 rings (SSSR count). The van der Waals surface area contributed by atoms with Gasteiger partial charge in [0.15, 0.2) is 0 Å². The predicted octanol–water partition coefficient (Wildman–Crippen LogP) is 3.73. The molecule has 1 aliphatic heterocycles. The topological polar surface area (TPSA) is 29.3 Å². The van der Waals surface area contributed by atoms with Crippen molar-refractivity contribution < 1.29 is 4.39 Å². The number of benzene rings is 1. The van der Waals surface area contributed by atoms with E-state index in [1.54, 1.807) is 0 Å². The van der Waals surface area contributed by atoms with Crippen molar-refractivity contribution in [2.45, 2.75) is 51.1 Å². The first-order chi connectivity index (χ1) is 10.1. The monoisotopic (exact) mass is 290 g/mol. The van der Waals surface area contributed by atoms with Crippen LogP contribution in [-0.4, -0.2) is 24.0 Å². The summed E-state index contributed by atoms with van der Waals surface area (Å²) in [4.78, 5) is 2.56. The third-order valence-corrected chi connectivity index (χ3v) is 5.67. The largest absolute Gasteiger partial charge is 0.323 e. The van der Waals surface area contributed by atoms with Gasteiger partial charge < -0.3 is 5.73 Å². The van der Waals surface area contributed by atoms with Gasteiger partial charge in [-0.2, -0.15) is 0 Å². The highest BCUT2D eigenvalue weighted by molar-refractivity contribution is 5.21. The van der Waals surface area contributed by atoms with Gasteiger partial charge in [-0.25, -0.2) is 4.39 Å². The number of rotatable bonds is 3. The highest BCUT2D eigenvalue weighted by Crippen LogP contribution is 2.37. The number of hydrogen-bond acceptors (Lipinski definition) is 2. The molecule has 2 fully saturated rings. The average molecular weight is 290 g/mol. The average Bonchev–Trinajstić information content (AvgIpc) is 2.54. The molecule has 0 aromatic heterocycles. The maximum Gasteiger partial charge on any atom is 0.123 e. The second-order valence-electron chi connectivity index (χ2n) is 6.91. The van der Waals surface area contributed by atoms with Gasteiger partial charge in [0.1, 0.15) is 5.82 Å². The van der Waals surface area contributed by atoms with E-state index in [4.69, 9.17) is 5.73 Å². The van der Waals surface area contributed by atoms with Crippen LogP contribution >= 0.6 is 0 Å². The van der Waals surface area contributed by atoms with Crippen molar-refractivity contribution in [1.29, 1.82) is 0 Å². The van der Waals surface area contributed by atoms with Gasteiger partial charge in [-0.15, -0.1) is 0 Å². The zero-order valence-electron chi connectivity index (χ0n) is 13.0. The molecule has 0 spiro atoms. The minimum absolute atomic E-state index is 0.0364. The quantitative estimate of drug-likeness (QED) is 0.919. The highest BCUT2D eigenvalue weighted by Gasteiger charge is 2.34. The van der Waals surface area contributed by atoms with Crippen LogP contribution in [0.2, 0.25) is 0 Å². The summed E-state index contributed by atoms with van der Waals surface area (Å²) in [5.41, 5.74) is 7.46. The van der Waals surface area contributed by atoms with E-state index in [-0.39, 0.29) is 11.9 Å². The molecule has 116 valence electrons. The zero-order chi connectivity index (χ0) is 14.8. The van der Waals surface area contributed by atoms with Crippen molar-refractivity contribution in [3.63, 3.8) is 0 Å². The van der Waals surface area contributed by atoms with Gasteiger partial charge >= 0.3 is 0 Å². The Morgan fingerprint density at radius 2 is 1.76 bits per heavy atom. The fourth-order valence-electron chi connectivity index (χ4n) is 4.19. The Balaban J connectivity index is 1.64. The summed E-state index contributed by atoms with van der Waals surface area (Å²) in [6, 6.07) is 6.95. The van der Waals surface area contributed by atoms with E-state index in [0.717, 1.165) is 23.9 Å². The zero-order valence-corrected chi connectivity index (χ0v) is 13.0. The van der Waals surface area contributed by atoms with Crippen molar-refractivity contribution in [3.05, 3.63) is 35.6 Å². The first-order valence-electron chi connectivity index (χ1n) is 8.40. The third-order valence-electron chi connectivity index (χ3n) is 5.67. The fourth-order valence-corrected chi connectivity index (χ4v) is 4.19. The number of piperidine rings is 1. The molecule has 1 aliphatic carbocycles. The lowest BCUT2D eigenvalue weighted by atomic mass is 9.74. The number of halogens is 1. The maximum absolute atomic E-state index is 13.0. The van der Waals surface area contributed by atoms with E-state index in [2.05, 4.69) is 11.8 Å². The molecule has 1 heterocycles. The van der Waals surface area contributed by atoms with Crippen molar-refractivity contribution in [3.8, 4) is 0 Å². The molecule has 1 saturated carbocycles. The van der Waals surface area contributed by atoms with Crippen molar-refractivity contribution in [1.82, 2.24) is 4.90 Å². The molecule has 1 aromatic rings. The molecule has 0 radical (unpaired) electrons. The Bertz CT molecular complexity index is 459. The first kappa shape index (κ1) is 15.0. The standard InChI is InChI=1S/C18H27FN2/c1-13(18(20)15-6-8-17(19)9-7-15)21-11-10-14-4-2-3-5-16(14)12-21/h6-9,13-14,16,18H,2-5,10-12,20H2,1H3. The first-order valence-corrected chi connectivity index (χ1v) is 8.40. The predicted molar refractivity (Wildman–Crippen MR) is 84.4 cm³/mol. The molecule has 0 amide bonds. The molecule has 4 atom stereocenters. The van der Waals surface area contributed by atoms with E-state index in [0.29, 0.717) is 6.04 Å². The van der Waals surface area contributed by atoms with Gasteiger partial charge in [0.05, 0.1) is 0 Å². The van der Waals surface area contributed by atoms with Gasteiger partial charge in [0.25, 0.3) is 0 Å². The van der Waals surface area contributed by atoms with Crippen LogP contribution in [0.4, 0.5) is 4.39 Å². The summed E-state index contributed by atoms with van der Waals surface area (Å²) in [7, 11) is 0. The van der Waals surface area contributed by atoms with Crippen LogP contribution in [0.1, 0.15) is 50.6 Å². The molecule has 2 N–H and O–H groups in total. The molecule has 1 aromatic carbocycles. The van der Waals surface area contributed by atoms with Crippen molar-refractivity contribution in [2.24, 2.45) is 17.6 Å². The Labute approximate surface area is 127 Å². The molecule has 1 saturated heterocycles. The number of nitrogens with two attached hydrogens (primary N) is 1. The lowest BCUT2D eigenvalue weighted by Gasteiger charge is -2.45. The van der Waals surface area contributed by atoms with Gasteiger partial charge in [-0.05, 0) is 55.8 Å². The summed E-state index contributed by atoms with van der Waals surface area (Å²) in [6.07, 6.45) is 6.96. The second-order valence-corrected chi connectivity index (χ2v) is 6.91. The molecule has 2 aliphatic rings. The molecular formula is C18H27FN2. The van der Waals surface area contributed by atoms with Crippen LogP contribution < -0.4 is 5.73 Å². The van der Waals surface area contributed by atoms with Crippen LogP contribution in [-0.2, 0) is 0 Å². The molecule has 21 heavy (non-hydrogen) atoms. The van der Waals surface area contributed by atoms with E-state index in [1.807, 2.05) is 12.1 Å². The molecule has 0 bridgehead atoms. The molecule has 2 nitrogen and oxygen atoms in total. The molecule has 4 unspecified atom stereocenters. The number of hydrogen-bond donors (Lipinski definition) is 1. The number of nitrogens with zero attached hydrogens (tertiary/aromatic N) is 1. The Kier molecular flexibility index (Phi) is 4.60. The SMILES string of the molecule is CC(C(N)c1ccc(F)cc1)N1CCC2CCCCC2C1. The van der Waals surface area contributed by atoms with E-state index in [1.165, 1.54) is 50.8 Å². The molecule has 3 heteroatoms. The summed E-state index contributed by atoms with van der Waals surface area (Å²) in [5.74, 6) is 1.63. The van der Waals surface area contributed by atoms with E-state index >= 15 is 0 Å². The van der Waals surface area contributed by atoms with Crippen LogP contribution in [0.25, 0.3) is 0 Å². The maximum atomic E-state index is 13.0. The summed E-state index contributed by atoms with van der Waals surface area (Å²) < 4.78 is 13.0. The van der Waals surface area contributed by atoms with Gasteiger partial charge in [0, 0.05) is 18.6 Å². The lowest BCUT2D eigenvalue weighted by Crippen LogP contribution is -2.49. The normalized spacial score (nSPS) is 29.7. The summed E-state index contributed by atoms with van der Waals surface area (Å²) in [5, 5.41) is 0. The minimum Gasteiger partial charge on any atom is -0.323 e. The second kappa shape index (κ2) is 6.45. The smallest absolute Gasteiger partial charge is 0.123 e. The van der Waals surface area contributed by atoms with E-state index in [9.17, 15) is 4.39 Å². The van der Waals surface area contributed by atoms with Crippen molar-refractivity contribution in [2.75, 3.05) is 13.1 Å². The Morgan fingerprint density at radius 1 is 1.10 bits per heavy atom. The highest BCUT2D eigenvalue weighted by atomic mass is 19.1.